The molecule has 0 aliphatic rings. The summed E-state index contributed by atoms with van der Waals surface area (Å²) in [5.74, 6) is -0.998. The van der Waals surface area contributed by atoms with E-state index in [1.807, 2.05) is 0 Å². The van der Waals surface area contributed by atoms with Crippen molar-refractivity contribution in [1.82, 2.24) is 4.57 Å². The molecule has 0 fully saturated rings. The standard InChI is InChI=1S/C22H23N3O7/c1-13(12-30-4)31-22(27)11-24-20-7-5-16(14(2)23-32-15(3)26)9-18(20)19-10-17(25(28)29)6-8-21(19)24/h5-10,13H,11-12H2,1-4H3. The van der Waals surface area contributed by atoms with E-state index in [1.165, 1.54) is 26.2 Å². The number of oxime groups is 1. The smallest absolute Gasteiger partial charge is 0.331 e. The second-order valence-electron chi connectivity index (χ2n) is 7.29. The van der Waals surface area contributed by atoms with Crippen molar-refractivity contribution >= 4 is 45.1 Å². The third-order valence-electron chi connectivity index (χ3n) is 4.81. The van der Waals surface area contributed by atoms with Gasteiger partial charge < -0.3 is 18.9 Å². The zero-order valence-electron chi connectivity index (χ0n) is 18.2. The van der Waals surface area contributed by atoms with Gasteiger partial charge in [-0.25, -0.2) is 4.79 Å². The number of nitro benzene ring substituents is 1. The van der Waals surface area contributed by atoms with Crippen LogP contribution in [-0.2, 0) is 30.4 Å². The van der Waals surface area contributed by atoms with Crippen LogP contribution in [0.4, 0.5) is 5.69 Å². The third-order valence-corrected chi connectivity index (χ3v) is 4.81. The Morgan fingerprint density at radius 3 is 2.41 bits per heavy atom. The van der Waals surface area contributed by atoms with Gasteiger partial charge in [0.25, 0.3) is 5.69 Å². The Balaban J connectivity index is 2.11. The fraction of sp³-hybridized carbons (Fsp3) is 0.318. The molecule has 10 nitrogen and oxygen atoms in total. The number of carbonyl (C=O) groups is 2. The molecule has 3 aromatic rings. The molecule has 1 unspecified atom stereocenters. The highest BCUT2D eigenvalue weighted by Crippen LogP contribution is 2.32. The largest absolute Gasteiger partial charge is 0.459 e. The Labute approximate surface area is 183 Å². The van der Waals surface area contributed by atoms with Gasteiger partial charge in [0.1, 0.15) is 12.6 Å². The minimum atomic E-state index is -0.543. The van der Waals surface area contributed by atoms with E-state index in [0.29, 0.717) is 33.1 Å². The maximum absolute atomic E-state index is 12.5. The number of non-ortho nitro benzene ring substituents is 1. The number of carbonyl (C=O) groups excluding carboxylic acids is 2. The Bertz CT molecular complexity index is 1230. The Kier molecular flexibility index (Phi) is 6.84. The van der Waals surface area contributed by atoms with E-state index in [-0.39, 0.29) is 18.8 Å². The lowest BCUT2D eigenvalue weighted by Gasteiger charge is -2.13. The van der Waals surface area contributed by atoms with Gasteiger partial charge in [0.15, 0.2) is 0 Å². The molecule has 0 bridgehead atoms. The number of hydrogen-bond acceptors (Lipinski definition) is 8. The average Bonchev–Trinajstić information content (AvgIpc) is 3.04. The molecule has 168 valence electrons. The summed E-state index contributed by atoms with van der Waals surface area (Å²) in [7, 11) is 1.52. The molecule has 0 spiro atoms. The number of methoxy groups -OCH3 is 1. The first-order chi connectivity index (χ1) is 15.2. The van der Waals surface area contributed by atoms with Crippen molar-refractivity contribution in [3.8, 4) is 0 Å². The predicted molar refractivity (Wildman–Crippen MR) is 118 cm³/mol. The number of benzene rings is 2. The van der Waals surface area contributed by atoms with E-state index in [4.69, 9.17) is 14.3 Å². The molecular formula is C22H23N3O7. The molecule has 0 saturated heterocycles. The average molecular weight is 441 g/mol. The first-order valence-electron chi connectivity index (χ1n) is 9.82. The lowest BCUT2D eigenvalue weighted by molar-refractivity contribution is -0.384. The second kappa shape index (κ2) is 9.56. The minimum Gasteiger partial charge on any atom is -0.459 e. The molecule has 1 aromatic heterocycles. The molecular weight excluding hydrogens is 418 g/mol. The number of ether oxygens (including phenoxy) is 2. The maximum Gasteiger partial charge on any atom is 0.331 e. The molecule has 3 rings (SSSR count). The number of esters is 1. The van der Waals surface area contributed by atoms with Crippen molar-refractivity contribution < 1.29 is 28.8 Å². The van der Waals surface area contributed by atoms with Gasteiger partial charge in [-0.05, 0) is 37.6 Å². The molecule has 0 aliphatic heterocycles. The van der Waals surface area contributed by atoms with Crippen LogP contribution >= 0.6 is 0 Å². The summed E-state index contributed by atoms with van der Waals surface area (Å²) in [6.07, 6.45) is -0.409. The number of nitrogens with zero attached hydrogens (tertiary/aromatic N) is 3. The van der Waals surface area contributed by atoms with Crippen LogP contribution in [0, 0.1) is 10.1 Å². The predicted octanol–water partition coefficient (Wildman–Crippen LogP) is 3.57. The first kappa shape index (κ1) is 22.9. The van der Waals surface area contributed by atoms with Gasteiger partial charge in [-0.15, -0.1) is 0 Å². The molecule has 0 saturated carbocycles. The molecule has 2 aromatic carbocycles. The molecule has 0 radical (unpaired) electrons. The number of nitro groups is 1. The molecule has 1 atom stereocenters. The van der Waals surface area contributed by atoms with E-state index in [0.717, 1.165) is 0 Å². The quantitative estimate of drug-likeness (QED) is 0.172. The molecule has 1 heterocycles. The fourth-order valence-corrected chi connectivity index (χ4v) is 3.45. The van der Waals surface area contributed by atoms with Crippen LogP contribution in [0.15, 0.2) is 41.6 Å². The van der Waals surface area contributed by atoms with Crippen molar-refractivity contribution in [2.24, 2.45) is 5.16 Å². The summed E-state index contributed by atoms with van der Waals surface area (Å²) >= 11 is 0. The highest BCUT2D eigenvalue weighted by molar-refractivity contribution is 6.12. The molecule has 0 aliphatic carbocycles. The highest BCUT2D eigenvalue weighted by atomic mass is 16.7. The van der Waals surface area contributed by atoms with Crippen LogP contribution in [0.5, 0.6) is 0 Å². The Morgan fingerprint density at radius 1 is 1.12 bits per heavy atom. The number of fused-ring (bicyclic) bond motifs is 3. The first-order valence-corrected chi connectivity index (χ1v) is 9.82. The van der Waals surface area contributed by atoms with E-state index in [1.54, 1.807) is 42.7 Å². The van der Waals surface area contributed by atoms with E-state index in [2.05, 4.69) is 5.16 Å². The van der Waals surface area contributed by atoms with Crippen LogP contribution in [-0.4, -0.2) is 47.0 Å². The van der Waals surface area contributed by atoms with Crippen molar-refractivity contribution in [2.45, 2.75) is 33.4 Å². The SMILES string of the molecule is COCC(C)OC(=O)Cn1c2ccc(C(C)=NOC(C)=O)cc2c2cc([N+](=O)[O-])ccc21. The van der Waals surface area contributed by atoms with E-state index in [9.17, 15) is 19.7 Å². The van der Waals surface area contributed by atoms with Crippen LogP contribution in [0.1, 0.15) is 26.3 Å². The summed E-state index contributed by atoms with van der Waals surface area (Å²) < 4.78 is 12.1. The van der Waals surface area contributed by atoms with Gasteiger partial charge >= 0.3 is 11.9 Å². The van der Waals surface area contributed by atoms with Gasteiger partial charge in [0.2, 0.25) is 0 Å². The van der Waals surface area contributed by atoms with Crippen LogP contribution < -0.4 is 0 Å². The van der Waals surface area contributed by atoms with Crippen molar-refractivity contribution in [2.75, 3.05) is 13.7 Å². The van der Waals surface area contributed by atoms with E-state index >= 15 is 0 Å². The Morgan fingerprint density at radius 2 is 1.78 bits per heavy atom. The molecule has 32 heavy (non-hydrogen) atoms. The van der Waals surface area contributed by atoms with Crippen molar-refractivity contribution in [1.29, 1.82) is 0 Å². The molecule has 0 amide bonds. The summed E-state index contributed by atoms with van der Waals surface area (Å²) in [6, 6.07) is 9.82. The van der Waals surface area contributed by atoms with Crippen LogP contribution in [0.3, 0.4) is 0 Å². The minimum absolute atomic E-state index is 0.0662. The lowest BCUT2D eigenvalue weighted by Crippen LogP contribution is -2.22. The fourth-order valence-electron chi connectivity index (χ4n) is 3.45. The number of aromatic nitrogens is 1. The summed E-state index contributed by atoms with van der Waals surface area (Å²) in [5.41, 5.74) is 2.40. The topological polar surface area (TPSA) is 122 Å². The second-order valence-corrected chi connectivity index (χ2v) is 7.29. The molecule has 10 heteroatoms. The number of rotatable bonds is 8. The Hall–Kier alpha value is -3.79. The summed E-state index contributed by atoms with van der Waals surface area (Å²) in [5, 5.41) is 16.4. The zero-order chi connectivity index (χ0) is 23.4. The van der Waals surface area contributed by atoms with Gasteiger partial charge in [-0.3, -0.25) is 14.9 Å². The molecule has 0 N–H and O–H groups in total. The summed E-state index contributed by atoms with van der Waals surface area (Å²) in [4.78, 5) is 39.1. The monoisotopic (exact) mass is 441 g/mol. The third kappa shape index (κ3) is 4.92. The van der Waals surface area contributed by atoms with Crippen molar-refractivity contribution in [3.63, 3.8) is 0 Å². The van der Waals surface area contributed by atoms with Gasteiger partial charge in [0.05, 0.1) is 22.8 Å². The zero-order valence-corrected chi connectivity index (χ0v) is 18.2. The lowest BCUT2D eigenvalue weighted by atomic mass is 10.1. The number of hydrogen-bond donors (Lipinski definition) is 0. The van der Waals surface area contributed by atoms with Gasteiger partial charge in [-0.1, -0.05) is 11.2 Å². The van der Waals surface area contributed by atoms with Gasteiger partial charge in [0, 0.05) is 42.5 Å². The maximum atomic E-state index is 12.5. The highest BCUT2D eigenvalue weighted by Gasteiger charge is 2.19. The summed E-state index contributed by atoms with van der Waals surface area (Å²) in [6.45, 7) is 4.86. The van der Waals surface area contributed by atoms with Gasteiger partial charge in [-0.2, -0.15) is 0 Å². The van der Waals surface area contributed by atoms with Crippen LogP contribution in [0.25, 0.3) is 21.8 Å². The normalized spacial score (nSPS) is 12.7. The van der Waals surface area contributed by atoms with Crippen LogP contribution in [0.2, 0.25) is 0 Å². The van der Waals surface area contributed by atoms with Crippen molar-refractivity contribution in [3.05, 3.63) is 52.1 Å². The van der Waals surface area contributed by atoms with E-state index < -0.39 is 23.0 Å².